The van der Waals surface area contributed by atoms with Crippen molar-refractivity contribution >= 4 is 35.8 Å². The van der Waals surface area contributed by atoms with Crippen molar-refractivity contribution in [1.29, 1.82) is 0 Å². The molecule has 4 aromatic rings. The number of rotatable bonds is 9. The number of aromatic nitrogens is 4. The molecule has 1 saturated heterocycles. The van der Waals surface area contributed by atoms with Crippen LogP contribution in [0.5, 0.6) is 0 Å². The van der Waals surface area contributed by atoms with Gasteiger partial charge in [-0.15, -0.1) is 0 Å². The van der Waals surface area contributed by atoms with Gasteiger partial charge in [-0.2, -0.15) is 4.98 Å². The SMILES string of the molecule is CC(C)CNc1nc2c(ncn2[C@H]2C[C@H](O[Si](c3ccccc3)(c3ccccc3)C(C)(C)C)[C@@H](CO)O2)c(=O)[nH]1. The van der Waals surface area contributed by atoms with Gasteiger partial charge in [-0.05, 0) is 21.3 Å². The molecule has 0 radical (unpaired) electrons. The highest BCUT2D eigenvalue weighted by atomic mass is 28.4. The first-order valence-electron chi connectivity index (χ1n) is 13.9. The van der Waals surface area contributed by atoms with Gasteiger partial charge in [0.25, 0.3) is 13.9 Å². The zero-order chi connectivity index (χ0) is 28.5. The van der Waals surface area contributed by atoms with E-state index >= 15 is 0 Å². The van der Waals surface area contributed by atoms with Gasteiger partial charge in [0.05, 0.1) is 19.0 Å². The van der Waals surface area contributed by atoms with Crippen LogP contribution < -0.4 is 21.2 Å². The van der Waals surface area contributed by atoms with Gasteiger partial charge in [0.15, 0.2) is 11.2 Å². The monoisotopic (exact) mass is 561 g/mol. The molecular weight excluding hydrogens is 522 g/mol. The largest absolute Gasteiger partial charge is 0.402 e. The van der Waals surface area contributed by atoms with Gasteiger partial charge in [-0.1, -0.05) is 95.3 Å². The lowest BCUT2D eigenvalue weighted by Gasteiger charge is -2.45. The van der Waals surface area contributed by atoms with E-state index in [9.17, 15) is 9.90 Å². The molecule has 1 aliphatic rings. The first-order chi connectivity index (χ1) is 19.1. The van der Waals surface area contributed by atoms with Crippen LogP contribution in [-0.4, -0.2) is 58.3 Å². The van der Waals surface area contributed by atoms with Gasteiger partial charge in [0.2, 0.25) is 5.95 Å². The molecule has 10 heteroatoms. The second kappa shape index (κ2) is 11.3. The number of hydrogen-bond donors (Lipinski definition) is 3. The third-order valence-electron chi connectivity index (χ3n) is 7.53. The minimum Gasteiger partial charge on any atom is -0.402 e. The zero-order valence-corrected chi connectivity index (χ0v) is 24.8. The Hall–Kier alpha value is -3.31. The summed E-state index contributed by atoms with van der Waals surface area (Å²) in [7, 11) is -2.88. The first-order valence-corrected chi connectivity index (χ1v) is 15.8. The van der Waals surface area contributed by atoms with Crippen LogP contribution >= 0.6 is 0 Å². The van der Waals surface area contributed by atoms with Crippen molar-refractivity contribution in [2.24, 2.45) is 5.92 Å². The van der Waals surface area contributed by atoms with E-state index in [-0.39, 0.29) is 28.8 Å². The van der Waals surface area contributed by atoms with E-state index in [1.165, 1.54) is 0 Å². The number of ether oxygens (including phenoxy) is 1. The minimum atomic E-state index is -2.88. The van der Waals surface area contributed by atoms with E-state index in [0.29, 0.717) is 30.5 Å². The number of nitrogens with one attached hydrogen (secondary N) is 2. The van der Waals surface area contributed by atoms with Crippen molar-refractivity contribution in [2.75, 3.05) is 18.5 Å². The van der Waals surface area contributed by atoms with Crippen LogP contribution in [0.15, 0.2) is 71.8 Å². The number of aliphatic hydroxyl groups excluding tert-OH is 1. The Labute approximate surface area is 235 Å². The standard InChI is InChI=1S/C30H39N5O4Si/c1-20(2)17-31-29-33-27-26(28(37)34-29)32-19-35(27)25-16-23(24(18-36)38-25)39-40(30(3,4)5,21-12-8-6-9-13-21)22-14-10-7-11-15-22/h6-15,19-20,23-25,36H,16-18H2,1-5H3,(H2,31,33,34,37)/t23-,24+,25+/m0/s1. The molecule has 0 unspecified atom stereocenters. The predicted octanol–water partition coefficient (Wildman–Crippen LogP) is 3.41. The maximum absolute atomic E-state index is 12.8. The molecule has 2 aromatic heterocycles. The number of hydrogen-bond acceptors (Lipinski definition) is 7. The molecule has 1 aliphatic heterocycles. The maximum Gasteiger partial charge on any atom is 0.280 e. The number of aromatic amines is 1. The summed E-state index contributed by atoms with van der Waals surface area (Å²) in [6.45, 7) is 11.3. The van der Waals surface area contributed by atoms with Gasteiger partial charge >= 0.3 is 0 Å². The Morgan fingerprint density at radius 2 is 1.75 bits per heavy atom. The highest BCUT2D eigenvalue weighted by molar-refractivity contribution is 6.99. The summed E-state index contributed by atoms with van der Waals surface area (Å²) in [6, 6.07) is 20.9. The molecular formula is C30H39N5O4Si. The fourth-order valence-corrected chi connectivity index (χ4v) is 10.3. The fraction of sp³-hybridized carbons (Fsp3) is 0.433. The third kappa shape index (κ3) is 5.24. The molecule has 212 valence electrons. The maximum atomic E-state index is 12.8. The van der Waals surface area contributed by atoms with E-state index in [4.69, 9.17) is 9.16 Å². The Morgan fingerprint density at radius 3 is 2.30 bits per heavy atom. The minimum absolute atomic E-state index is 0.193. The molecule has 3 N–H and O–H groups in total. The van der Waals surface area contributed by atoms with Crippen LogP contribution in [0.25, 0.3) is 11.2 Å². The second-order valence-corrected chi connectivity index (χ2v) is 16.1. The average Bonchev–Trinajstić information content (AvgIpc) is 3.55. The van der Waals surface area contributed by atoms with E-state index in [1.54, 1.807) is 10.9 Å². The zero-order valence-electron chi connectivity index (χ0n) is 23.8. The summed E-state index contributed by atoms with van der Waals surface area (Å²) in [6.07, 6.45) is 0.620. The molecule has 0 bridgehead atoms. The normalized spacial score (nSPS) is 19.9. The van der Waals surface area contributed by atoms with Gasteiger partial charge < -0.3 is 19.6 Å². The summed E-state index contributed by atoms with van der Waals surface area (Å²) < 4.78 is 15.5. The van der Waals surface area contributed by atoms with Crippen LogP contribution in [0, 0.1) is 5.92 Å². The molecule has 5 rings (SSSR count). The lowest BCUT2D eigenvalue weighted by atomic mass is 10.2. The molecule has 0 spiro atoms. The number of imidazole rings is 1. The molecule has 0 amide bonds. The summed E-state index contributed by atoms with van der Waals surface area (Å²) in [5.74, 6) is 0.776. The Morgan fingerprint density at radius 1 is 1.12 bits per heavy atom. The topological polar surface area (TPSA) is 114 Å². The van der Waals surface area contributed by atoms with Gasteiger partial charge in [0, 0.05) is 13.0 Å². The number of fused-ring (bicyclic) bond motifs is 1. The van der Waals surface area contributed by atoms with Gasteiger partial charge in [-0.25, -0.2) is 4.98 Å². The smallest absolute Gasteiger partial charge is 0.280 e. The van der Waals surface area contributed by atoms with E-state index < -0.39 is 20.6 Å². The lowest BCUT2D eigenvalue weighted by Crippen LogP contribution is -2.68. The molecule has 0 aliphatic carbocycles. The predicted molar refractivity (Wildman–Crippen MR) is 160 cm³/mol. The highest BCUT2D eigenvalue weighted by Gasteiger charge is 2.53. The second-order valence-electron chi connectivity index (χ2n) is 11.9. The summed E-state index contributed by atoms with van der Waals surface area (Å²) >= 11 is 0. The Kier molecular flexibility index (Phi) is 7.96. The van der Waals surface area contributed by atoms with Crippen LogP contribution in [0.2, 0.25) is 5.04 Å². The third-order valence-corrected chi connectivity index (χ3v) is 12.6. The van der Waals surface area contributed by atoms with Crippen molar-refractivity contribution in [2.45, 2.75) is 64.5 Å². The molecule has 3 heterocycles. The van der Waals surface area contributed by atoms with Crippen molar-refractivity contribution < 1.29 is 14.3 Å². The summed E-state index contributed by atoms with van der Waals surface area (Å²) in [4.78, 5) is 24.5. The van der Waals surface area contributed by atoms with Crippen molar-refractivity contribution in [1.82, 2.24) is 19.5 Å². The number of benzene rings is 2. The molecule has 9 nitrogen and oxygen atoms in total. The van der Waals surface area contributed by atoms with Crippen molar-refractivity contribution in [3.05, 3.63) is 77.3 Å². The quantitative estimate of drug-likeness (QED) is 0.268. The average molecular weight is 562 g/mol. The molecule has 1 fully saturated rings. The summed E-state index contributed by atoms with van der Waals surface area (Å²) in [5.41, 5.74) is 0.366. The number of nitrogens with zero attached hydrogens (tertiary/aromatic N) is 3. The number of H-pyrrole nitrogens is 1. The van der Waals surface area contributed by atoms with Crippen molar-refractivity contribution in [3.8, 4) is 0 Å². The fourth-order valence-electron chi connectivity index (χ4n) is 5.60. The van der Waals surface area contributed by atoms with Crippen LogP contribution in [0.1, 0.15) is 47.3 Å². The highest BCUT2D eigenvalue weighted by Crippen LogP contribution is 2.41. The lowest BCUT2D eigenvalue weighted by molar-refractivity contribution is -0.0405. The van der Waals surface area contributed by atoms with Gasteiger partial charge in [-0.3, -0.25) is 14.3 Å². The van der Waals surface area contributed by atoms with Crippen molar-refractivity contribution in [3.63, 3.8) is 0 Å². The van der Waals surface area contributed by atoms with E-state index in [1.807, 2.05) is 12.1 Å². The molecule has 40 heavy (non-hydrogen) atoms. The molecule has 0 saturated carbocycles. The number of aliphatic hydroxyl groups is 1. The number of anilines is 1. The Balaban J connectivity index is 1.53. The van der Waals surface area contributed by atoms with Crippen LogP contribution in [0.4, 0.5) is 5.95 Å². The first kappa shape index (κ1) is 28.2. The van der Waals surface area contributed by atoms with Crippen LogP contribution in [-0.2, 0) is 9.16 Å². The van der Waals surface area contributed by atoms with Gasteiger partial charge in [0.1, 0.15) is 12.3 Å². The Bertz CT molecular complexity index is 1440. The molecule has 2 aromatic carbocycles. The summed E-state index contributed by atoms with van der Waals surface area (Å²) in [5, 5.41) is 15.7. The van der Waals surface area contributed by atoms with E-state index in [0.717, 1.165) is 10.4 Å². The van der Waals surface area contributed by atoms with E-state index in [2.05, 4.69) is 103 Å². The van der Waals surface area contributed by atoms with Crippen LogP contribution in [0.3, 0.4) is 0 Å². The molecule has 3 atom stereocenters.